The van der Waals surface area contributed by atoms with Crippen LogP contribution in [0.4, 0.5) is 0 Å². The third-order valence-electron chi connectivity index (χ3n) is 12.9. The normalized spacial score (nSPS) is 28.2. The highest BCUT2D eigenvalue weighted by molar-refractivity contribution is 5.74. The van der Waals surface area contributed by atoms with Gasteiger partial charge in [-0.25, -0.2) is 0 Å². The molecule has 0 aromatic rings. The molecular formula is C42H81N7O9. The first-order valence-corrected chi connectivity index (χ1v) is 20.5. The maximum atomic E-state index is 11.1. The molecule has 16 nitrogen and oxygen atoms in total. The van der Waals surface area contributed by atoms with Gasteiger partial charge in [0.1, 0.15) is 0 Å². The van der Waals surface area contributed by atoms with Crippen LogP contribution in [0.5, 0.6) is 0 Å². The average Bonchev–Trinajstić information content (AvgIpc) is 2.95. The fourth-order valence-corrected chi connectivity index (χ4v) is 9.46. The SMILES string of the molecule is CC(=O)NC1CC(C)(C)[NH+](C)C(C)(C)C1.CC(=O)NC1CC(C)(C)[NH+](C)C(C)(C)C1.CC(=O)NC1CC(C)(C)[NH+](C)C(C)(C)C1.O=C([O-])CN(CC(=O)[O-])CC(=O)[O-]. The van der Waals surface area contributed by atoms with Gasteiger partial charge in [-0.05, 0) is 83.1 Å². The van der Waals surface area contributed by atoms with Crippen LogP contribution in [0.2, 0.25) is 0 Å². The lowest BCUT2D eigenvalue weighted by Gasteiger charge is -2.50. The Morgan fingerprint density at radius 2 is 0.586 bits per heavy atom. The topological polar surface area (TPSA) is 224 Å². The largest absolute Gasteiger partial charge is 0.549 e. The van der Waals surface area contributed by atoms with Gasteiger partial charge in [0.25, 0.3) is 0 Å². The van der Waals surface area contributed by atoms with Crippen LogP contribution < -0.4 is 46.0 Å². The molecule has 0 aliphatic carbocycles. The van der Waals surface area contributed by atoms with E-state index in [-0.39, 0.29) is 51.0 Å². The van der Waals surface area contributed by atoms with Crippen molar-refractivity contribution >= 4 is 35.6 Å². The number of nitrogens with zero attached hydrogens (tertiary/aromatic N) is 1. The molecule has 0 aromatic heterocycles. The Morgan fingerprint density at radius 1 is 0.431 bits per heavy atom. The van der Waals surface area contributed by atoms with E-state index in [0.717, 1.165) is 38.5 Å². The van der Waals surface area contributed by atoms with Crippen LogP contribution in [0.1, 0.15) is 142 Å². The number of carboxylic acids is 3. The maximum Gasteiger partial charge on any atom is 0.217 e. The molecule has 3 aliphatic heterocycles. The Morgan fingerprint density at radius 3 is 0.707 bits per heavy atom. The predicted octanol–water partition coefficient (Wildman–Crippen LogP) is -4.39. The van der Waals surface area contributed by atoms with Gasteiger partial charge in [-0.15, -0.1) is 0 Å². The quantitative estimate of drug-likeness (QED) is 0.131. The lowest BCUT2D eigenvalue weighted by atomic mass is 9.77. The van der Waals surface area contributed by atoms with E-state index in [1.54, 1.807) is 35.5 Å². The van der Waals surface area contributed by atoms with E-state index in [1.807, 2.05) is 0 Å². The number of carbonyl (C=O) groups excluding carboxylic acids is 6. The van der Waals surface area contributed by atoms with Crippen LogP contribution in [0.3, 0.4) is 0 Å². The zero-order chi connectivity index (χ0) is 46.0. The van der Waals surface area contributed by atoms with Gasteiger partial charge in [-0.2, -0.15) is 0 Å². The molecule has 0 saturated carbocycles. The van der Waals surface area contributed by atoms with Crippen molar-refractivity contribution in [1.82, 2.24) is 20.9 Å². The van der Waals surface area contributed by atoms with Crippen LogP contribution in [0.25, 0.3) is 0 Å². The lowest BCUT2D eigenvalue weighted by Crippen LogP contribution is -3.24. The molecular weight excluding hydrogens is 747 g/mol. The van der Waals surface area contributed by atoms with Gasteiger partial charge in [-0.3, -0.25) is 19.3 Å². The fraction of sp³-hybridized carbons (Fsp3) is 0.857. The Hall–Kier alpha value is -3.34. The maximum absolute atomic E-state index is 11.1. The van der Waals surface area contributed by atoms with Gasteiger partial charge >= 0.3 is 0 Å². The van der Waals surface area contributed by atoms with E-state index in [2.05, 4.69) is 120 Å². The lowest BCUT2D eigenvalue weighted by molar-refractivity contribution is -0.982. The summed E-state index contributed by atoms with van der Waals surface area (Å²) in [6.45, 7) is 29.7. The molecule has 6 N–H and O–H groups in total. The predicted molar refractivity (Wildman–Crippen MR) is 217 cm³/mol. The summed E-state index contributed by atoms with van der Waals surface area (Å²) in [5.74, 6) is -4.43. The number of likely N-dealkylation sites (tertiary alicyclic amines) is 3. The Kier molecular flexibility index (Phi) is 20.0. The van der Waals surface area contributed by atoms with Gasteiger partial charge < -0.3 is 60.4 Å². The molecule has 338 valence electrons. The number of quaternary nitrogens is 3. The summed E-state index contributed by atoms with van der Waals surface area (Å²) in [5.41, 5.74) is 1.39. The van der Waals surface area contributed by atoms with E-state index in [1.165, 1.54) is 0 Å². The van der Waals surface area contributed by atoms with Crippen molar-refractivity contribution in [1.29, 1.82) is 0 Å². The molecule has 0 unspecified atom stereocenters. The van der Waals surface area contributed by atoms with Crippen molar-refractivity contribution < 1.29 is 58.8 Å². The number of aliphatic carboxylic acids is 3. The van der Waals surface area contributed by atoms with Crippen molar-refractivity contribution in [3.8, 4) is 0 Å². The van der Waals surface area contributed by atoms with E-state index < -0.39 is 37.5 Å². The minimum absolute atomic E-state index is 0.0890. The summed E-state index contributed by atoms with van der Waals surface area (Å²) in [6.07, 6.45) is 6.34. The molecule has 0 atom stereocenters. The van der Waals surface area contributed by atoms with Crippen LogP contribution in [0.15, 0.2) is 0 Å². The van der Waals surface area contributed by atoms with E-state index >= 15 is 0 Å². The molecule has 0 aromatic carbocycles. The van der Waals surface area contributed by atoms with Crippen molar-refractivity contribution in [2.75, 3.05) is 40.8 Å². The van der Waals surface area contributed by atoms with E-state index in [9.17, 15) is 44.1 Å². The summed E-state index contributed by atoms with van der Waals surface area (Å²) < 4.78 is 0. The highest BCUT2D eigenvalue weighted by atomic mass is 16.4. The second kappa shape index (κ2) is 21.3. The molecule has 3 amide bonds. The van der Waals surface area contributed by atoms with E-state index in [4.69, 9.17) is 0 Å². The summed E-state index contributed by atoms with van der Waals surface area (Å²) in [5, 5.41) is 39.2. The third-order valence-corrected chi connectivity index (χ3v) is 12.9. The molecule has 58 heavy (non-hydrogen) atoms. The molecule has 3 rings (SSSR count). The number of amides is 3. The summed E-state index contributed by atoms with van der Waals surface area (Å²) in [6, 6.07) is 0.989. The number of carbonyl (C=O) groups is 6. The average molecular weight is 828 g/mol. The van der Waals surface area contributed by atoms with Crippen LogP contribution in [-0.2, 0) is 28.8 Å². The minimum atomic E-state index is -1.57. The van der Waals surface area contributed by atoms with Gasteiger partial charge in [0.2, 0.25) is 17.7 Å². The number of hydrogen-bond acceptors (Lipinski definition) is 10. The summed E-state index contributed by atoms with van der Waals surface area (Å²) >= 11 is 0. The monoisotopic (exact) mass is 828 g/mol. The third kappa shape index (κ3) is 18.7. The number of carboxylic acid groups (broad SMARTS) is 3. The summed E-state index contributed by atoms with van der Waals surface area (Å²) in [7, 11) is 6.76. The molecule has 3 fully saturated rings. The highest BCUT2D eigenvalue weighted by Crippen LogP contribution is 2.25. The van der Waals surface area contributed by atoms with Crippen molar-refractivity contribution in [3.63, 3.8) is 0 Å². The Balaban J connectivity index is 0.000000749. The first-order chi connectivity index (χ1) is 25.9. The van der Waals surface area contributed by atoms with Crippen molar-refractivity contribution in [2.24, 2.45) is 0 Å². The minimum Gasteiger partial charge on any atom is -0.549 e. The van der Waals surface area contributed by atoms with E-state index in [0.29, 0.717) is 23.0 Å². The zero-order valence-electron chi connectivity index (χ0n) is 39.2. The highest BCUT2D eigenvalue weighted by Gasteiger charge is 2.49. The summed E-state index contributed by atoms with van der Waals surface area (Å²) in [4.78, 5) is 68.5. The Labute approximate surface area is 349 Å². The Bertz CT molecular complexity index is 1210. The smallest absolute Gasteiger partial charge is 0.217 e. The fourth-order valence-electron chi connectivity index (χ4n) is 9.46. The molecule has 3 saturated heterocycles. The number of nitrogens with one attached hydrogen (secondary N) is 6. The van der Waals surface area contributed by atoms with Crippen molar-refractivity contribution in [3.05, 3.63) is 0 Å². The second-order valence-corrected chi connectivity index (χ2v) is 20.9. The van der Waals surface area contributed by atoms with Crippen molar-refractivity contribution in [2.45, 2.75) is 194 Å². The second-order valence-electron chi connectivity index (χ2n) is 20.9. The van der Waals surface area contributed by atoms with Gasteiger partial charge in [0.05, 0.1) is 72.3 Å². The van der Waals surface area contributed by atoms with Gasteiger partial charge in [-0.1, -0.05) is 0 Å². The molecule has 0 bridgehead atoms. The van der Waals surface area contributed by atoms with Crippen LogP contribution in [0, 0.1) is 0 Å². The number of hydrogen-bond donors (Lipinski definition) is 6. The van der Waals surface area contributed by atoms with Gasteiger partial charge in [0.15, 0.2) is 0 Å². The number of rotatable bonds is 9. The van der Waals surface area contributed by atoms with Crippen LogP contribution >= 0.6 is 0 Å². The molecule has 0 spiro atoms. The molecule has 3 heterocycles. The zero-order valence-corrected chi connectivity index (χ0v) is 39.2. The van der Waals surface area contributed by atoms with Crippen LogP contribution in [-0.4, -0.2) is 133 Å². The molecule has 0 radical (unpaired) electrons. The standard InChI is InChI=1S/3C12H24N2O.C6H9NO6/c3*1-9(15)13-10-7-11(2,3)14(6)12(4,5)8-10;8-4(9)1-7(2-5(10)11)3-6(12)13/h3*10H,7-8H2,1-6H3,(H,13,15);1-3H2,(H,8,9)(H,10,11)(H,12,13). The first kappa shape index (κ1) is 54.7. The number of piperidine rings is 3. The molecule has 16 heteroatoms. The molecule has 3 aliphatic rings. The first-order valence-electron chi connectivity index (χ1n) is 20.5. The van der Waals surface area contributed by atoms with Gasteiger partial charge in [0, 0.05) is 97.1 Å².